The molecule has 1 saturated heterocycles. The van der Waals surface area contributed by atoms with Crippen LogP contribution in [0.15, 0.2) is 40.9 Å². The highest BCUT2D eigenvalue weighted by molar-refractivity contribution is 6.06. The molecule has 33 heavy (non-hydrogen) atoms. The summed E-state index contributed by atoms with van der Waals surface area (Å²) in [6.07, 6.45) is 7.45. The summed E-state index contributed by atoms with van der Waals surface area (Å²) in [5.41, 5.74) is 3.01. The van der Waals surface area contributed by atoms with E-state index in [9.17, 15) is 9.59 Å². The van der Waals surface area contributed by atoms with Gasteiger partial charge >= 0.3 is 0 Å². The predicted octanol–water partition coefficient (Wildman–Crippen LogP) is 5.07. The lowest BCUT2D eigenvalue weighted by atomic mass is 9.87. The number of benzene rings is 1. The molecule has 3 aromatic rings. The largest absolute Gasteiger partial charge is 0.351 e. The van der Waals surface area contributed by atoms with Crippen molar-refractivity contribution in [2.24, 2.45) is 5.92 Å². The van der Waals surface area contributed by atoms with Crippen LogP contribution in [0.2, 0.25) is 0 Å². The van der Waals surface area contributed by atoms with Crippen LogP contribution in [0, 0.1) is 12.8 Å². The molecule has 1 aromatic carbocycles. The average Bonchev–Trinajstić information content (AvgIpc) is 3.35. The molecule has 2 amide bonds. The molecule has 3 heterocycles. The van der Waals surface area contributed by atoms with Crippen molar-refractivity contribution < 1.29 is 14.1 Å². The van der Waals surface area contributed by atoms with Crippen molar-refractivity contribution in [1.82, 2.24) is 15.0 Å². The fourth-order valence-corrected chi connectivity index (χ4v) is 5.14. The van der Waals surface area contributed by atoms with E-state index in [1.54, 1.807) is 6.07 Å². The summed E-state index contributed by atoms with van der Waals surface area (Å²) in [6, 6.07) is 11.3. The smallest absolute Gasteiger partial charge is 0.294 e. The summed E-state index contributed by atoms with van der Waals surface area (Å²) >= 11 is 0. The quantitative estimate of drug-likeness (QED) is 0.604. The first kappa shape index (κ1) is 21.6. The Bertz CT molecular complexity index is 1170. The third-order valence-corrected chi connectivity index (χ3v) is 6.97. The summed E-state index contributed by atoms with van der Waals surface area (Å²) in [5.74, 6) is 0.382. The molecule has 2 fully saturated rings. The Morgan fingerprint density at radius 3 is 2.76 bits per heavy atom. The van der Waals surface area contributed by atoms with Gasteiger partial charge in [-0.05, 0) is 44.7 Å². The van der Waals surface area contributed by atoms with Crippen LogP contribution in [0.4, 0.5) is 5.69 Å². The number of nitrogens with zero attached hydrogens (tertiary/aromatic N) is 3. The van der Waals surface area contributed by atoms with Crippen LogP contribution in [0.3, 0.4) is 0 Å². The predicted molar refractivity (Wildman–Crippen MR) is 126 cm³/mol. The van der Waals surface area contributed by atoms with Gasteiger partial charge in [0.15, 0.2) is 0 Å². The van der Waals surface area contributed by atoms with Crippen LogP contribution in [0.1, 0.15) is 72.8 Å². The zero-order valence-corrected chi connectivity index (χ0v) is 19.0. The number of carbonyl (C=O) groups excluding carboxylic acids is 2. The lowest BCUT2D eigenvalue weighted by Crippen LogP contribution is -2.42. The average molecular weight is 447 g/mol. The van der Waals surface area contributed by atoms with E-state index in [1.165, 1.54) is 6.42 Å². The van der Waals surface area contributed by atoms with E-state index in [-0.39, 0.29) is 23.5 Å². The number of piperidine rings is 1. The van der Waals surface area contributed by atoms with E-state index < -0.39 is 0 Å². The molecule has 172 valence electrons. The first-order chi connectivity index (χ1) is 16.1. The Kier molecular flexibility index (Phi) is 6.11. The zero-order valence-electron chi connectivity index (χ0n) is 19.0. The van der Waals surface area contributed by atoms with Crippen LogP contribution in [-0.4, -0.2) is 39.9 Å². The normalized spacial score (nSPS) is 19.5. The molecule has 2 aliphatic rings. The van der Waals surface area contributed by atoms with Gasteiger partial charge in [-0.1, -0.05) is 42.6 Å². The van der Waals surface area contributed by atoms with Gasteiger partial charge in [0, 0.05) is 42.1 Å². The van der Waals surface area contributed by atoms with Crippen molar-refractivity contribution >= 4 is 28.4 Å². The molecule has 1 aliphatic heterocycles. The first-order valence-electron chi connectivity index (χ1n) is 12.0. The van der Waals surface area contributed by atoms with E-state index in [0.29, 0.717) is 18.1 Å². The van der Waals surface area contributed by atoms with Gasteiger partial charge in [0.2, 0.25) is 11.7 Å². The number of nitrogens with one attached hydrogen (secondary N) is 1. The molecule has 7 heteroatoms. The Morgan fingerprint density at radius 2 is 1.91 bits per heavy atom. The van der Waals surface area contributed by atoms with Gasteiger partial charge in [-0.2, -0.15) is 0 Å². The molecule has 1 atom stereocenters. The Hall–Kier alpha value is -3.22. The van der Waals surface area contributed by atoms with Crippen LogP contribution >= 0.6 is 0 Å². The summed E-state index contributed by atoms with van der Waals surface area (Å²) in [6.45, 7) is 3.38. The Morgan fingerprint density at radius 1 is 1.06 bits per heavy atom. The van der Waals surface area contributed by atoms with Crippen LogP contribution in [-0.2, 0) is 4.79 Å². The second kappa shape index (κ2) is 9.33. The lowest BCUT2D eigenvalue weighted by molar-refractivity contribution is -0.137. The van der Waals surface area contributed by atoms with Crippen molar-refractivity contribution in [2.75, 3.05) is 18.4 Å². The van der Waals surface area contributed by atoms with E-state index in [2.05, 4.69) is 15.5 Å². The Labute approximate surface area is 193 Å². The molecule has 0 spiro atoms. The Balaban J connectivity index is 1.27. The van der Waals surface area contributed by atoms with Crippen molar-refractivity contribution in [3.05, 3.63) is 53.5 Å². The number of carbonyl (C=O) groups is 2. The minimum Gasteiger partial charge on any atom is -0.351 e. The van der Waals surface area contributed by atoms with Crippen LogP contribution in [0.5, 0.6) is 0 Å². The first-order valence-corrected chi connectivity index (χ1v) is 12.0. The molecule has 1 aliphatic carbocycles. The van der Waals surface area contributed by atoms with Gasteiger partial charge in [-0.15, -0.1) is 0 Å². The molecule has 1 N–H and O–H groups in total. The van der Waals surface area contributed by atoms with Crippen LogP contribution < -0.4 is 5.32 Å². The molecule has 5 rings (SSSR count). The number of likely N-dealkylation sites (tertiary alicyclic amines) is 1. The summed E-state index contributed by atoms with van der Waals surface area (Å²) in [4.78, 5) is 32.4. The number of para-hydroxylation sites is 1. The third-order valence-electron chi connectivity index (χ3n) is 6.97. The molecular formula is C26H30N4O3. The zero-order chi connectivity index (χ0) is 22.8. The maximum Gasteiger partial charge on any atom is 0.294 e. The monoisotopic (exact) mass is 446 g/mol. The van der Waals surface area contributed by atoms with E-state index >= 15 is 0 Å². The number of aryl methyl sites for hydroxylation is 1. The topological polar surface area (TPSA) is 88.3 Å². The van der Waals surface area contributed by atoms with E-state index in [0.717, 1.165) is 67.4 Å². The second-order valence-corrected chi connectivity index (χ2v) is 9.36. The highest BCUT2D eigenvalue weighted by atomic mass is 16.5. The van der Waals surface area contributed by atoms with Gasteiger partial charge in [0.25, 0.3) is 5.91 Å². The molecule has 7 nitrogen and oxygen atoms in total. The van der Waals surface area contributed by atoms with Crippen molar-refractivity contribution in [3.8, 4) is 0 Å². The summed E-state index contributed by atoms with van der Waals surface area (Å²) < 4.78 is 5.41. The molecular weight excluding hydrogens is 416 g/mol. The lowest BCUT2D eigenvalue weighted by Gasteiger charge is -2.35. The molecule has 1 saturated carbocycles. The highest BCUT2D eigenvalue weighted by Gasteiger charge is 2.31. The van der Waals surface area contributed by atoms with E-state index in [4.69, 9.17) is 4.52 Å². The fourth-order valence-electron chi connectivity index (χ4n) is 5.14. The van der Waals surface area contributed by atoms with Crippen molar-refractivity contribution in [1.29, 1.82) is 0 Å². The summed E-state index contributed by atoms with van der Waals surface area (Å²) in [7, 11) is 0. The molecule has 0 bridgehead atoms. The maximum absolute atomic E-state index is 13.0. The summed E-state index contributed by atoms with van der Waals surface area (Å²) in [5, 5.41) is 8.07. The fraction of sp³-hybridized carbons (Fsp3) is 0.462. The van der Waals surface area contributed by atoms with Crippen LogP contribution in [0.25, 0.3) is 10.9 Å². The molecule has 2 aromatic heterocycles. The number of rotatable bonds is 4. The number of aromatic nitrogens is 2. The van der Waals surface area contributed by atoms with Gasteiger partial charge in [-0.3, -0.25) is 14.6 Å². The minimum atomic E-state index is -0.351. The molecule has 0 unspecified atom stereocenters. The van der Waals surface area contributed by atoms with Crippen molar-refractivity contribution in [2.45, 2.75) is 57.8 Å². The third kappa shape index (κ3) is 4.63. The standard InChI is InChI=1S/C26H30N4O3/c1-17-12-13-18-9-5-11-21(24(18)27-17)28-25(31)23-15-22(29-33-23)20-10-6-14-30(16-20)26(32)19-7-3-2-4-8-19/h5,9,11-13,15,19-20H,2-4,6-8,10,14,16H2,1H3,(H,28,31)/t20-/m0/s1. The number of hydrogen-bond acceptors (Lipinski definition) is 5. The van der Waals surface area contributed by atoms with Gasteiger partial charge in [0.1, 0.15) is 0 Å². The van der Waals surface area contributed by atoms with Gasteiger partial charge in [0.05, 0.1) is 16.9 Å². The SMILES string of the molecule is Cc1ccc2cccc(NC(=O)c3cc([C@H]4CCCN(C(=O)C5CCCCC5)C4)no3)c2n1. The number of anilines is 1. The van der Waals surface area contributed by atoms with E-state index in [1.807, 2.05) is 42.2 Å². The molecule has 0 radical (unpaired) electrons. The number of pyridine rings is 1. The second-order valence-electron chi connectivity index (χ2n) is 9.36. The number of hydrogen-bond donors (Lipinski definition) is 1. The number of amides is 2. The number of fused-ring (bicyclic) bond motifs is 1. The maximum atomic E-state index is 13.0. The van der Waals surface area contributed by atoms with Gasteiger partial charge in [-0.25, -0.2) is 0 Å². The van der Waals surface area contributed by atoms with Gasteiger partial charge < -0.3 is 14.7 Å². The van der Waals surface area contributed by atoms with Crippen molar-refractivity contribution in [3.63, 3.8) is 0 Å². The minimum absolute atomic E-state index is 0.0958. The highest BCUT2D eigenvalue weighted by Crippen LogP contribution is 2.31.